The van der Waals surface area contributed by atoms with Crippen LogP contribution < -0.4 is 5.32 Å². The van der Waals surface area contributed by atoms with Crippen molar-refractivity contribution >= 4 is 12.1 Å². The first-order chi connectivity index (χ1) is 13.1. The van der Waals surface area contributed by atoms with Crippen LogP contribution in [-0.2, 0) is 22.6 Å². The molecule has 9 nitrogen and oxygen atoms in total. The molecule has 0 aliphatic heterocycles. The Labute approximate surface area is 155 Å². The second-order valence-electron chi connectivity index (χ2n) is 5.35. The van der Waals surface area contributed by atoms with E-state index in [0.717, 1.165) is 11.1 Å². The quantitative estimate of drug-likeness (QED) is 0.604. The first-order valence-electron chi connectivity index (χ1n) is 8.05. The average molecular weight is 369 g/mol. The van der Waals surface area contributed by atoms with Crippen LogP contribution in [0.3, 0.4) is 0 Å². The van der Waals surface area contributed by atoms with Crippen molar-refractivity contribution in [3.8, 4) is 0 Å². The summed E-state index contributed by atoms with van der Waals surface area (Å²) in [6, 6.07) is 17.3. The number of aromatic amines is 1. The zero-order valence-electron chi connectivity index (χ0n) is 14.4. The predicted octanol–water partition coefficient (Wildman–Crippen LogP) is 1.81. The number of aromatic nitrogens is 4. The van der Waals surface area contributed by atoms with Crippen LogP contribution in [0.4, 0.5) is 4.79 Å². The Balaban J connectivity index is 0.000000451. The summed E-state index contributed by atoms with van der Waals surface area (Å²) in [7, 11) is 0. The number of H-pyrrole nitrogens is 1. The van der Waals surface area contributed by atoms with Crippen LogP contribution >= 0.6 is 0 Å². The summed E-state index contributed by atoms with van der Waals surface area (Å²) >= 11 is 0. The Kier molecular flexibility index (Phi) is 7.96. The second kappa shape index (κ2) is 11.0. The van der Waals surface area contributed by atoms with Crippen molar-refractivity contribution < 1.29 is 19.4 Å². The van der Waals surface area contributed by atoms with Gasteiger partial charge in [-0.15, -0.1) is 10.2 Å². The lowest BCUT2D eigenvalue weighted by atomic mass is 10.1. The fraction of sp³-hybridized carbons (Fsp3) is 0.167. The minimum absolute atomic E-state index is 0.102. The highest BCUT2D eigenvalue weighted by atomic mass is 16.5. The molecule has 1 heterocycles. The number of hydrogen-bond acceptors (Lipinski definition) is 6. The number of benzene rings is 2. The first-order valence-corrected chi connectivity index (χ1v) is 8.05. The Morgan fingerprint density at radius 2 is 1.67 bits per heavy atom. The van der Waals surface area contributed by atoms with Gasteiger partial charge in [-0.3, -0.25) is 0 Å². The molecular weight excluding hydrogens is 350 g/mol. The summed E-state index contributed by atoms with van der Waals surface area (Å²) in [6.07, 6.45) is 0.795. The SMILES string of the molecule is O=C(N[C@@H](Cc1ccccc1)C(=O)O)OCc1ccccc1.c1nn[nH]n1. The zero-order valence-corrected chi connectivity index (χ0v) is 14.4. The van der Waals surface area contributed by atoms with Gasteiger partial charge in [0.25, 0.3) is 0 Å². The lowest BCUT2D eigenvalue weighted by Gasteiger charge is -2.14. The molecule has 3 rings (SSSR count). The Hall–Kier alpha value is -3.75. The normalized spacial score (nSPS) is 10.8. The molecule has 0 aliphatic rings. The molecule has 140 valence electrons. The molecule has 0 bridgehead atoms. The minimum Gasteiger partial charge on any atom is -0.480 e. The summed E-state index contributed by atoms with van der Waals surface area (Å²) in [4.78, 5) is 23.0. The zero-order chi connectivity index (χ0) is 19.3. The summed E-state index contributed by atoms with van der Waals surface area (Å²) < 4.78 is 5.03. The van der Waals surface area contributed by atoms with Crippen LogP contribution in [0.5, 0.6) is 0 Å². The van der Waals surface area contributed by atoms with Crippen molar-refractivity contribution in [1.82, 2.24) is 25.9 Å². The fourth-order valence-corrected chi connectivity index (χ4v) is 2.09. The number of ether oxygens (including phenoxy) is 1. The number of carboxylic acids is 1. The first kappa shape index (κ1) is 19.6. The molecule has 9 heteroatoms. The summed E-state index contributed by atoms with van der Waals surface area (Å²) in [5, 5.41) is 23.7. The maximum absolute atomic E-state index is 11.7. The molecule has 1 atom stereocenters. The third kappa shape index (κ3) is 7.78. The Bertz CT molecular complexity index is 780. The van der Waals surface area contributed by atoms with Gasteiger partial charge in [-0.1, -0.05) is 65.9 Å². The lowest BCUT2D eigenvalue weighted by Crippen LogP contribution is -2.42. The summed E-state index contributed by atoms with van der Waals surface area (Å²) in [6.45, 7) is 0.102. The maximum Gasteiger partial charge on any atom is 0.408 e. The second-order valence-corrected chi connectivity index (χ2v) is 5.35. The van der Waals surface area contributed by atoms with Gasteiger partial charge in [0, 0.05) is 6.42 Å². The molecule has 0 aliphatic carbocycles. The van der Waals surface area contributed by atoms with Gasteiger partial charge in [0.05, 0.1) is 0 Å². The topological polar surface area (TPSA) is 130 Å². The van der Waals surface area contributed by atoms with Crippen molar-refractivity contribution in [1.29, 1.82) is 0 Å². The van der Waals surface area contributed by atoms with Gasteiger partial charge in [0.2, 0.25) is 0 Å². The van der Waals surface area contributed by atoms with Crippen LogP contribution in [0, 0.1) is 0 Å². The molecule has 2 aromatic carbocycles. The molecule has 0 unspecified atom stereocenters. The van der Waals surface area contributed by atoms with Crippen LogP contribution in [0.15, 0.2) is 67.0 Å². The van der Waals surface area contributed by atoms with E-state index in [2.05, 4.69) is 25.9 Å². The molecule has 0 saturated carbocycles. The average Bonchev–Trinajstić information content (AvgIpc) is 3.27. The predicted molar refractivity (Wildman–Crippen MR) is 95.5 cm³/mol. The van der Waals surface area contributed by atoms with Gasteiger partial charge < -0.3 is 15.2 Å². The highest BCUT2D eigenvalue weighted by Gasteiger charge is 2.21. The van der Waals surface area contributed by atoms with Crippen molar-refractivity contribution in [2.75, 3.05) is 0 Å². The van der Waals surface area contributed by atoms with E-state index in [1.807, 2.05) is 60.7 Å². The highest BCUT2D eigenvalue weighted by Crippen LogP contribution is 2.05. The molecule has 27 heavy (non-hydrogen) atoms. The third-order valence-electron chi connectivity index (χ3n) is 3.36. The van der Waals surface area contributed by atoms with Crippen LogP contribution in [0.1, 0.15) is 11.1 Å². The van der Waals surface area contributed by atoms with Crippen molar-refractivity contribution in [2.45, 2.75) is 19.1 Å². The number of hydrogen-bond donors (Lipinski definition) is 3. The molecule has 0 fully saturated rings. The molecule has 3 aromatic rings. The standard InChI is InChI=1S/C17H17NO4.CH2N4/c19-16(20)15(11-13-7-3-1-4-8-13)18-17(21)22-12-14-9-5-2-6-10-14;1-2-4-5-3-1/h1-10,15H,11-12H2,(H,18,21)(H,19,20);1H,(H,2,3,4,5)/t15-;/m0./s1. The van der Waals surface area contributed by atoms with E-state index in [0.29, 0.717) is 0 Å². The fourth-order valence-electron chi connectivity index (χ4n) is 2.09. The van der Waals surface area contributed by atoms with Crippen LogP contribution in [0.25, 0.3) is 0 Å². The van der Waals surface area contributed by atoms with E-state index in [9.17, 15) is 14.7 Å². The van der Waals surface area contributed by atoms with Gasteiger partial charge in [-0.2, -0.15) is 5.21 Å². The molecule has 1 amide bonds. The molecule has 1 aromatic heterocycles. The number of tetrazole rings is 1. The molecule has 0 saturated heterocycles. The number of alkyl carbamates (subject to hydrolysis) is 1. The maximum atomic E-state index is 11.7. The smallest absolute Gasteiger partial charge is 0.408 e. The van der Waals surface area contributed by atoms with Gasteiger partial charge in [0.15, 0.2) is 6.33 Å². The van der Waals surface area contributed by atoms with E-state index in [1.165, 1.54) is 6.33 Å². The third-order valence-corrected chi connectivity index (χ3v) is 3.36. The number of aliphatic carboxylic acids is 1. The number of amides is 1. The molecule has 0 radical (unpaired) electrons. The van der Waals surface area contributed by atoms with Crippen molar-refractivity contribution in [3.63, 3.8) is 0 Å². The number of carbonyl (C=O) groups is 2. The Morgan fingerprint density at radius 1 is 1.04 bits per heavy atom. The number of carbonyl (C=O) groups excluding carboxylic acids is 1. The number of carboxylic acid groups (broad SMARTS) is 1. The van der Waals surface area contributed by atoms with E-state index >= 15 is 0 Å². The van der Waals surface area contributed by atoms with Crippen LogP contribution in [0.2, 0.25) is 0 Å². The molecule has 0 spiro atoms. The van der Waals surface area contributed by atoms with E-state index in [-0.39, 0.29) is 13.0 Å². The summed E-state index contributed by atoms with van der Waals surface area (Å²) in [5.74, 6) is -1.10. The largest absolute Gasteiger partial charge is 0.480 e. The summed E-state index contributed by atoms with van der Waals surface area (Å²) in [5.41, 5.74) is 1.67. The van der Waals surface area contributed by atoms with Gasteiger partial charge in [-0.25, -0.2) is 9.59 Å². The van der Waals surface area contributed by atoms with Gasteiger partial charge in [0.1, 0.15) is 12.6 Å². The number of nitrogens with zero attached hydrogens (tertiary/aromatic N) is 3. The highest BCUT2D eigenvalue weighted by molar-refractivity contribution is 5.80. The minimum atomic E-state index is -1.10. The lowest BCUT2D eigenvalue weighted by molar-refractivity contribution is -0.139. The van der Waals surface area contributed by atoms with E-state index < -0.39 is 18.1 Å². The molecular formula is C18H19N5O4. The van der Waals surface area contributed by atoms with E-state index in [1.54, 1.807) is 0 Å². The monoisotopic (exact) mass is 369 g/mol. The molecule has 3 N–H and O–H groups in total. The van der Waals surface area contributed by atoms with Gasteiger partial charge in [-0.05, 0) is 11.1 Å². The van der Waals surface area contributed by atoms with Crippen LogP contribution in [-0.4, -0.2) is 43.8 Å². The Morgan fingerprint density at radius 3 is 2.15 bits per heavy atom. The number of rotatable bonds is 6. The van der Waals surface area contributed by atoms with Gasteiger partial charge >= 0.3 is 12.1 Å². The number of nitrogens with one attached hydrogen (secondary N) is 2. The van der Waals surface area contributed by atoms with E-state index in [4.69, 9.17) is 4.74 Å². The van der Waals surface area contributed by atoms with Crippen molar-refractivity contribution in [3.05, 3.63) is 78.1 Å². The van der Waals surface area contributed by atoms with Crippen molar-refractivity contribution in [2.24, 2.45) is 0 Å².